The molecule has 0 aliphatic heterocycles. The summed E-state index contributed by atoms with van der Waals surface area (Å²) in [6, 6.07) is 8.08. The van der Waals surface area contributed by atoms with E-state index < -0.39 is 6.10 Å². The summed E-state index contributed by atoms with van der Waals surface area (Å²) < 4.78 is 5.45. The quantitative estimate of drug-likeness (QED) is 0.761. The van der Waals surface area contributed by atoms with E-state index in [1.807, 2.05) is 18.2 Å². The van der Waals surface area contributed by atoms with E-state index in [2.05, 4.69) is 18.3 Å². The van der Waals surface area contributed by atoms with Crippen molar-refractivity contribution in [2.24, 2.45) is 5.92 Å². The lowest BCUT2D eigenvalue weighted by Gasteiger charge is -2.14. The fourth-order valence-electron chi connectivity index (χ4n) is 1.71. The number of hydrogen-bond acceptors (Lipinski definition) is 3. The number of rotatable bonds is 7. The van der Waals surface area contributed by atoms with Gasteiger partial charge in [-0.1, -0.05) is 18.2 Å². The van der Waals surface area contributed by atoms with E-state index in [9.17, 15) is 5.11 Å². The Hall–Kier alpha value is -1.06. The van der Waals surface area contributed by atoms with Crippen LogP contribution in [0.2, 0.25) is 0 Å². The first kappa shape index (κ1) is 12.4. The molecule has 0 heterocycles. The highest BCUT2D eigenvalue weighted by Gasteiger charge is 2.21. The molecule has 0 radical (unpaired) electrons. The van der Waals surface area contributed by atoms with E-state index in [-0.39, 0.29) is 0 Å². The average molecular weight is 235 g/mol. The lowest BCUT2D eigenvalue weighted by Crippen LogP contribution is -2.25. The molecule has 2 N–H and O–H groups in total. The lowest BCUT2D eigenvalue weighted by molar-refractivity contribution is 0.0386. The summed E-state index contributed by atoms with van der Waals surface area (Å²) in [5.74, 6) is 0.756. The number of ether oxygens (including phenoxy) is 1. The number of para-hydroxylation sites is 1. The summed E-state index contributed by atoms with van der Waals surface area (Å²) in [7, 11) is 0. The molecular formula is C14H21NO2. The van der Waals surface area contributed by atoms with E-state index in [0.717, 1.165) is 18.2 Å². The topological polar surface area (TPSA) is 41.5 Å². The van der Waals surface area contributed by atoms with E-state index in [4.69, 9.17) is 4.74 Å². The molecule has 3 nitrogen and oxygen atoms in total. The molecule has 0 amide bonds. The molecule has 1 saturated carbocycles. The third-order valence-corrected chi connectivity index (χ3v) is 3.03. The van der Waals surface area contributed by atoms with E-state index in [1.165, 1.54) is 18.4 Å². The Morgan fingerprint density at radius 3 is 2.88 bits per heavy atom. The van der Waals surface area contributed by atoms with Gasteiger partial charge in [0.2, 0.25) is 0 Å². The van der Waals surface area contributed by atoms with Crippen molar-refractivity contribution in [2.75, 3.05) is 25.1 Å². The number of aliphatic hydroxyl groups is 1. The van der Waals surface area contributed by atoms with Crippen molar-refractivity contribution in [1.29, 1.82) is 0 Å². The van der Waals surface area contributed by atoms with Gasteiger partial charge < -0.3 is 15.2 Å². The van der Waals surface area contributed by atoms with Crippen LogP contribution in [0.15, 0.2) is 24.3 Å². The zero-order valence-corrected chi connectivity index (χ0v) is 10.4. The fourth-order valence-corrected chi connectivity index (χ4v) is 1.71. The van der Waals surface area contributed by atoms with Gasteiger partial charge in [0.15, 0.2) is 0 Å². The Morgan fingerprint density at radius 1 is 1.41 bits per heavy atom. The molecule has 0 saturated heterocycles. The largest absolute Gasteiger partial charge is 0.389 e. The molecule has 1 aromatic carbocycles. The standard InChI is InChI=1S/C14H21NO2/c1-11-4-2-3-5-14(11)15-8-13(16)10-17-9-12-6-7-12/h2-5,12-13,15-16H,6-10H2,1H3. The van der Waals surface area contributed by atoms with Crippen molar-refractivity contribution in [3.8, 4) is 0 Å². The number of aryl methyl sites for hydroxylation is 1. The van der Waals surface area contributed by atoms with Crippen LogP contribution in [-0.4, -0.2) is 31.0 Å². The van der Waals surface area contributed by atoms with Gasteiger partial charge >= 0.3 is 0 Å². The van der Waals surface area contributed by atoms with Gasteiger partial charge in [-0.2, -0.15) is 0 Å². The highest BCUT2D eigenvalue weighted by Crippen LogP contribution is 2.28. The molecule has 17 heavy (non-hydrogen) atoms. The highest BCUT2D eigenvalue weighted by molar-refractivity contribution is 5.50. The molecule has 0 bridgehead atoms. The summed E-state index contributed by atoms with van der Waals surface area (Å²) >= 11 is 0. The normalized spacial score (nSPS) is 16.8. The van der Waals surface area contributed by atoms with Crippen molar-refractivity contribution in [1.82, 2.24) is 0 Å². The summed E-state index contributed by atoms with van der Waals surface area (Å²) in [6.07, 6.45) is 2.14. The summed E-state index contributed by atoms with van der Waals surface area (Å²) in [5.41, 5.74) is 2.27. The van der Waals surface area contributed by atoms with E-state index in [1.54, 1.807) is 0 Å². The molecule has 0 aromatic heterocycles. The van der Waals surface area contributed by atoms with Crippen molar-refractivity contribution >= 4 is 5.69 Å². The lowest BCUT2D eigenvalue weighted by atomic mass is 10.2. The number of aliphatic hydroxyl groups excluding tert-OH is 1. The second-order valence-corrected chi connectivity index (χ2v) is 4.83. The molecular weight excluding hydrogens is 214 g/mol. The van der Waals surface area contributed by atoms with Gasteiger partial charge in [0.05, 0.1) is 12.7 Å². The minimum absolute atomic E-state index is 0.426. The molecule has 1 aliphatic rings. The minimum atomic E-state index is -0.437. The molecule has 1 fully saturated rings. The van der Waals surface area contributed by atoms with Crippen molar-refractivity contribution in [3.05, 3.63) is 29.8 Å². The monoisotopic (exact) mass is 235 g/mol. The Balaban J connectivity index is 1.64. The van der Waals surface area contributed by atoms with E-state index in [0.29, 0.717) is 13.2 Å². The Labute approximate surface area is 103 Å². The van der Waals surface area contributed by atoms with Gasteiger partial charge in [-0.3, -0.25) is 0 Å². The zero-order valence-electron chi connectivity index (χ0n) is 10.4. The minimum Gasteiger partial charge on any atom is -0.389 e. The molecule has 1 aromatic rings. The Morgan fingerprint density at radius 2 is 2.18 bits per heavy atom. The summed E-state index contributed by atoms with van der Waals surface area (Å²) in [4.78, 5) is 0. The predicted octanol–water partition coefficient (Wildman–Crippen LogP) is 2.19. The van der Waals surface area contributed by atoms with Gasteiger partial charge in [0.25, 0.3) is 0 Å². The molecule has 0 spiro atoms. The molecule has 94 valence electrons. The van der Waals surface area contributed by atoms with Crippen LogP contribution in [-0.2, 0) is 4.74 Å². The molecule has 1 atom stereocenters. The van der Waals surface area contributed by atoms with Crippen LogP contribution in [0, 0.1) is 12.8 Å². The highest BCUT2D eigenvalue weighted by atomic mass is 16.5. The van der Waals surface area contributed by atoms with Crippen LogP contribution >= 0.6 is 0 Å². The molecule has 3 heteroatoms. The van der Waals surface area contributed by atoms with Crippen LogP contribution in [0.3, 0.4) is 0 Å². The third-order valence-electron chi connectivity index (χ3n) is 3.03. The Bertz CT molecular complexity index is 350. The Kier molecular flexibility index (Phi) is 4.40. The second kappa shape index (κ2) is 6.03. The van der Waals surface area contributed by atoms with Gasteiger partial charge in [0.1, 0.15) is 0 Å². The average Bonchev–Trinajstić information content (AvgIpc) is 3.12. The maximum atomic E-state index is 9.75. The first-order valence-electron chi connectivity index (χ1n) is 6.31. The van der Waals surface area contributed by atoms with Crippen molar-refractivity contribution in [2.45, 2.75) is 25.9 Å². The molecule has 1 unspecified atom stereocenters. The van der Waals surface area contributed by atoms with Crippen LogP contribution in [0.25, 0.3) is 0 Å². The third kappa shape index (κ3) is 4.36. The van der Waals surface area contributed by atoms with Gasteiger partial charge in [-0.15, -0.1) is 0 Å². The van der Waals surface area contributed by atoms with Gasteiger partial charge in [-0.25, -0.2) is 0 Å². The summed E-state index contributed by atoms with van der Waals surface area (Å²) in [6.45, 7) is 3.82. The fraction of sp³-hybridized carbons (Fsp3) is 0.571. The molecule has 2 rings (SSSR count). The van der Waals surface area contributed by atoms with Crippen molar-refractivity contribution in [3.63, 3.8) is 0 Å². The van der Waals surface area contributed by atoms with E-state index >= 15 is 0 Å². The maximum absolute atomic E-state index is 9.75. The second-order valence-electron chi connectivity index (χ2n) is 4.83. The van der Waals surface area contributed by atoms with Gasteiger partial charge in [-0.05, 0) is 37.3 Å². The number of nitrogens with one attached hydrogen (secondary N) is 1. The van der Waals surface area contributed by atoms with Crippen LogP contribution in [0.5, 0.6) is 0 Å². The summed E-state index contributed by atoms with van der Waals surface area (Å²) in [5, 5.41) is 13.0. The zero-order chi connectivity index (χ0) is 12.1. The van der Waals surface area contributed by atoms with Crippen LogP contribution < -0.4 is 5.32 Å². The van der Waals surface area contributed by atoms with Gasteiger partial charge in [0, 0.05) is 18.8 Å². The first-order chi connectivity index (χ1) is 8.25. The SMILES string of the molecule is Cc1ccccc1NCC(O)COCC1CC1. The van der Waals surface area contributed by atoms with Crippen LogP contribution in [0.4, 0.5) is 5.69 Å². The van der Waals surface area contributed by atoms with Crippen molar-refractivity contribution < 1.29 is 9.84 Å². The number of hydrogen-bond donors (Lipinski definition) is 2. The smallest absolute Gasteiger partial charge is 0.0945 e. The predicted molar refractivity (Wildman–Crippen MR) is 69.2 cm³/mol. The number of anilines is 1. The number of benzene rings is 1. The first-order valence-corrected chi connectivity index (χ1v) is 6.31. The maximum Gasteiger partial charge on any atom is 0.0945 e. The van der Waals surface area contributed by atoms with Crippen LogP contribution in [0.1, 0.15) is 18.4 Å². The molecule has 1 aliphatic carbocycles.